The fourth-order valence-corrected chi connectivity index (χ4v) is 3.14. The molecule has 0 amide bonds. The highest BCUT2D eigenvalue weighted by molar-refractivity contribution is 6.34. The van der Waals surface area contributed by atoms with E-state index in [1.165, 1.54) is 6.20 Å². The summed E-state index contributed by atoms with van der Waals surface area (Å²) in [5.74, 6) is 0. The van der Waals surface area contributed by atoms with Crippen molar-refractivity contribution >= 4 is 29.0 Å². The Bertz CT molecular complexity index is 905. The SMILES string of the molecule is CCC(CC)n1c(O)nc2ncc(Cl)c(C=NOCc3ccccc3)c21. The van der Waals surface area contributed by atoms with Gasteiger partial charge in [0.2, 0.25) is 0 Å². The summed E-state index contributed by atoms with van der Waals surface area (Å²) in [5.41, 5.74) is 2.75. The molecule has 3 aromatic rings. The van der Waals surface area contributed by atoms with Crippen molar-refractivity contribution in [3.8, 4) is 6.01 Å². The summed E-state index contributed by atoms with van der Waals surface area (Å²) in [6, 6.07) is 9.80. The Morgan fingerprint density at radius 1 is 1.27 bits per heavy atom. The number of oxime groups is 1. The second-order valence-electron chi connectivity index (χ2n) is 5.94. The average molecular weight is 373 g/mol. The number of pyridine rings is 1. The largest absolute Gasteiger partial charge is 0.480 e. The minimum absolute atomic E-state index is 0.0664. The topological polar surface area (TPSA) is 72.5 Å². The standard InChI is InChI=1S/C19H21ClN4O2/c1-3-14(4-2)24-17-15(16(20)11-21-18(17)23-19(24)25)10-22-26-12-13-8-6-5-7-9-13/h5-11,14H,3-4,12H2,1-2H3,(H,21,23,25). The summed E-state index contributed by atoms with van der Waals surface area (Å²) in [4.78, 5) is 13.8. The number of hydrogen-bond acceptors (Lipinski definition) is 5. The van der Waals surface area contributed by atoms with Crippen LogP contribution in [-0.2, 0) is 11.4 Å². The zero-order chi connectivity index (χ0) is 18.5. The summed E-state index contributed by atoms with van der Waals surface area (Å²) in [7, 11) is 0. The Kier molecular flexibility index (Phi) is 5.73. The molecule has 6 nitrogen and oxygen atoms in total. The van der Waals surface area contributed by atoms with Gasteiger partial charge in [0, 0.05) is 17.8 Å². The molecule has 2 heterocycles. The monoisotopic (exact) mass is 372 g/mol. The number of benzene rings is 1. The van der Waals surface area contributed by atoms with Crippen molar-refractivity contribution in [3.63, 3.8) is 0 Å². The van der Waals surface area contributed by atoms with Crippen LogP contribution >= 0.6 is 11.6 Å². The lowest BCUT2D eigenvalue weighted by atomic mass is 10.1. The lowest BCUT2D eigenvalue weighted by Crippen LogP contribution is -2.08. The molecule has 0 spiro atoms. The van der Waals surface area contributed by atoms with Crippen molar-refractivity contribution in [1.29, 1.82) is 0 Å². The lowest BCUT2D eigenvalue weighted by molar-refractivity contribution is 0.132. The van der Waals surface area contributed by atoms with Crippen molar-refractivity contribution in [2.24, 2.45) is 5.16 Å². The van der Waals surface area contributed by atoms with Gasteiger partial charge in [-0.05, 0) is 18.4 Å². The number of aromatic nitrogens is 3. The third-order valence-corrected chi connectivity index (χ3v) is 4.63. The van der Waals surface area contributed by atoms with Crippen molar-refractivity contribution < 1.29 is 9.94 Å². The maximum Gasteiger partial charge on any atom is 0.296 e. The van der Waals surface area contributed by atoms with Gasteiger partial charge in [0.05, 0.1) is 11.2 Å². The van der Waals surface area contributed by atoms with E-state index in [0.29, 0.717) is 28.4 Å². The number of hydrogen-bond donors (Lipinski definition) is 1. The van der Waals surface area contributed by atoms with Crippen LogP contribution in [-0.4, -0.2) is 25.9 Å². The van der Waals surface area contributed by atoms with Crippen LogP contribution in [0.3, 0.4) is 0 Å². The molecule has 0 saturated heterocycles. The number of aromatic hydroxyl groups is 1. The van der Waals surface area contributed by atoms with E-state index in [4.69, 9.17) is 16.4 Å². The quantitative estimate of drug-likeness (QED) is 0.482. The molecule has 1 aromatic carbocycles. The zero-order valence-corrected chi connectivity index (χ0v) is 15.5. The van der Waals surface area contributed by atoms with Gasteiger partial charge in [-0.2, -0.15) is 4.98 Å². The Hall–Kier alpha value is -2.60. The second-order valence-corrected chi connectivity index (χ2v) is 6.34. The summed E-state index contributed by atoms with van der Waals surface area (Å²) >= 11 is 6.34. The smallest absolute Gasteiger partial charge is 0.296 e. The molecule has 2 aromatic heterocycles. The van der Waals surface area contributed by atoms with Crippen molar-refractivity contribution in [2.75, 3.05) is 0 Å². The van der Waals surface area contributed by atoms with Gasteiger partial charge in [0.25, 0.3) is 6.01 Å². The third kappa shape index (κ3) is 3.65. The number of fused-ring (bicyclic) bond motifs is 1. The van der Waals surface area contributed by atoms with Gasteiger partial charge < -0.3 is 9.94 Å². The van der Waals surface area contributed by atoms with Crippen molar-refractivity contribution in [2.45, 2.75) is 39.3 Å². The van der Waals surface area contributed by atoms with Crippen LogP contribution in [0, 0.1) is 0 Å². The molecule has 0 saturated carbocycles. The van der Waals surface area contributed by atoms with Crippen LogP contribution in [0.2, 0.25) is 5.02 Å². The molecule has 26 heavy (non-hydrogen) atoms. The first kappa shape index (κ1) is 18.2. The molecule has 7 heteroatoms. The minimum Gasteiger partial charge on any atom is -0.480 e. The maximum absolute atomic E-state index is 10.3. The van der Waals surface area contributed by atoms with E-state index in [9.17, 15) is 5.11 Å². The van der Waals surface area contributed by atoms with Crippen LogP contribution in [0.1, 0.15) is 43.9 Å². The van der Waals surface area contributed by atoms with Crippen LogP contribution in [0.25, 0.3) is 11.2 Å². The molecule has 0 fully saturated rings. The first-order valence-corrected chi connectivity index (χ1v) is 8.98. The van der Waals surface area contributed by atoms with Gasteiger partial charge in [-0.3, -0.25) is 4.57 Å². The number of nitrogens with zero attached hydrogens (tertiary/aromatic N) is 4. The highest BCUT2D eigenvalue weighted by Crippen LogP contribution is 2.32. The van der Waals surface area contributed by atoms with Crippen molar-refractivity contribution in [1.82, 2.24) is 14.5 Å². The predicted octanol–water partition coefficient (Wildman–Crippen LogP) is 4.70. The summed E-state index contributed by atoms with van der Waals surface area (Å²) in [5, 5.41) is 14.8. The molecular weight excluding hydrogens is 352 g/mol. The molecule has 0 unspecified atom stereocenters. The van der Waals surface area contributed by atoms with Crippen LogP contribution in [0.5, 0.6) is 6.01 Å². The minimum atomic E-state index is -0.0664. The van der Waals surface area contributed by atoms with Gasteiger partial charge >= 0.3 is 0 Å². The molecule has 136 valence electrons. The summed E-state index contributed by atoms with van der Waals surface area (Å²) < 4.78 is 1.77. The molecule has 0 radical (unpaired) electrons. The number of rotatable bonds is 7. The summed E-state index contributed by atoms with van der Waals surface area (Å²) in [6.07, 6.45) is 4.76. The van der Waals surface area contributed by atoms with E-state index < -0.39 is 0 Å². The van der Waals surface area contributed by atoms with Gasteiger partial charge in [-0.15, -0.1) is 0 Å². The normalized spacial score (nSPS) is 11.7. The van der Waals surface area contributed by atoms with Crippen LogP contribution in [0.4, 0.5) is 0 Å². The third-order valence-electron chi connectivity index (χ3n) is 4.32. The lowest BCUT2D eigenvalue weighted by Gasteiger charge is -2.17. The first-order chi connectivity index (χ1) is 12.7. The van der Waals surface area contributed by atoms with Gasteiger partial charge in [-0.1, -0.05) is 60.9 Å². The van der Waals surface area contributed by atoms with Crippen molar-refractivity contribution in [3.05, 3.63) is 52.7 Å². The molecule has 0 aliphatic rings. The Labute approximate surface area is 157 Å². The molecule has 0 aliphatic heterocycles. The predicted molar refractivity (Wildman–Crippen MR) is 103 cm³/mol. The maximum atomic E-state index is 10.3. The molecular formula is C19H21ClN4O2. The van der Waals surface area contributed by atoms with E-state index >= 15 is 0 Å². The summed E-state index contributed by atoms with van der Waals surface area (Å²) in [6.45, 7) is 4.49. The molecule has 1 N–H and O–H groups in total. The van der Waals surface area contributed by atoms with E-state index in [-0.39, 0.29) is 12.1 Å². The first-order valence-electron chi connectivity index (χ1n) is 8.60. The van der Waals surface area contributed by atoms with Gasteiger partial charge in [-0.25, -0.2) is 4.98 Å². The van der Waals surface area contributed by atoms with E-state index in [1.807, 2.05) is 30.3 Å². The highest BCUT2D eigenvalue weighted by atomic mass is 35.5. The number of imidazole rings is 1. The van der Waals surface area contributed by atoms with Crippen LogP contribution < -0.4 is 0 Å². The van der Waals surface area contributed by atoms with E-state index in [1.54, 1.807) is 10.8 Å². The zero-order valence-electron chi connectivity index (χ0n) is 14.8. The molecule has 3 rings (SSSR count). The van der Waals surface area contributed by atoms with E-state index in [2.05, 4.69) is 29.0 Å². The van der Waals surface area contributed by atoms with Crippen LogP contribution in [0.15, 0.2) is 41.7 Å². The number of halogens is 1. The fraction of sp³-hybridized carbons (Fsp3) is 0.316. The molecule has 0 atom stereocenters. The molecule has 0 bridgehead atoms. The van der Waals surface area contributed by atoms with E-state index in [0.717, 1.165) is 18.4 Å². The second kappa shape index (κ2) is 8.19. The average Bonchev–Trinajstić information content (AvgIpc) is 2.99. The fourth-order valence-electron chi connectivity index (χ4n) is 2.95. The van der Waals surface area contributed by atoms with Gasteiger partial charge in [0.1, 0.15) is 12.1 Å². The Morgan fingerprint density at radius 2 is 2.00 bits per heavy atom. The van der Waals surface area contributed by atoms with Gasteiger partial charge in [0.15, 0.2) is 5.65 Å². The highest BCUT2D eigenvalue weighted by Gasteiger charge is 2.21. The molecule has 0 aliphatic carbocycles. The Morgan fingerprint density at radius 3 is 2.69 bits per heavy atom. The Balaban J connectivity index is 1.94.